The van der Waals surface area contributed by atoms with Crippen molar-refractivity contribution in [3.63, 3.8) is 0 Å². The molecule has 0 radical (unpaired) electrons. The second-order valence-electron chi connectivity index (χ2n) is 6.17. The third-order valence-electron chi connectivity index (χ3n) is 4.89. The number of fused-ring (bicyclic) bond motifs is 2. The smallest absolute Gasteiger partial charge is 0.240 e. The molecule has 1 saturated carbocycles. The molecule has 0 saturated heterocycles. The zero-order valence-electron chi connectivity index (χ0n) is 12.1. The van der Waals surface area contributed by atoms with Gasteiger partial charge < -0.3 is 15.2 Å². The van der Waals surface area contributed by atoms with E-state index in [1.807, 2.05) is 0 Å². The van der Waals surface area contributed by atoms with Crippen molar-refractivity contribution < 1.29 is 4.52 Å². The van der Waals surface area contributed by atoms with Crippen LogP contribution >= 0.6 is 0 Å². The maximum Gasteiger partial charge on any atom is 0.240 e. The number of aromatic nitrogens is 2. The van der Waals surface area contributed by atoms with Crippen molar-refractivity contribution in [3.05, 3.63) is 41.5 Å². The van der Waals surface area contributed by atoms with Gasteiger partial charge in [-0.25, -0.2) is 0 Å². The molecule has 2 heterocycles. The van der Waals surface area contributed by atoms with Crippen molar-refractivity contribution in [2.75, 3.05) is 11.4 Å². The molecule has 1 fully saturated rings. The summed E-state index contributed by atoms with van der Waals surface area (Å²) in [5, 5.41) is 4.03. The highest BCUT2D eigenvalue weighted by Gasteiger charge is 2.44. The van der Waals surface area contributed by atoms with Crippen LogP contribution in [0.15, 0.2) is 28.8 Å². The Morgan fingerprint density at radius 2 is 2.05 bits per heavy atom. The Hall–Kier alpha value is -1.88. The van der Waals surface area contributed by atoms with Crippen LogP contribution in [0.3, 0.4) is 0 Å². The fraction of sp³-hybridized carbons (Fsp3) is 0.500. The Bertz CT molecular complexity index is 645. The normalized spacial score (nSPS) is 19.4. The Morgan fingerprint density at radius 3 is 2.81 bits per heavy atom. The molecule has 1 aromatic carbocycles. The van der Waals surface area contributed by atoms with Crippen LogP contribution < -0.4 is 10.6 Å². The van der Waals surface area contributed by atoms with Gasteiger partial charge in [0.25, 0.3) is 0 Å². The monoisotopic (exact) mass is 284 g/mol. The number of benzene rings is 1. The SMILES string of the molecule is NCc1nc(CN2CC3(CCCC3)c3ccccc32)no1. The largest absolute Gasteiger partial charge is 0.363 e. The zero-order valence-corrected chi connectivity index (χ0v) is 12.1. The summed E-state index contributed by atoms with van der Waals surface area (Å²) in [5.41, 5.74) is 8.71. The fourth-order valence-electron chi connectivity index (χ4n) is 3.96. The Morgan fingerprint density at radius 1 is 1.24 bits per heavy atom. The number of anilines is 1. The van der Waals surface area contributed by atoms with Gasteiger partial charge in [-0.3, -0.25) is 0 Å². The van der Waals surface area contributed by atoms with E-state index >= 15 is 0 Å². The first-order valence-electron chi connectivity index (χ1n) is 7.67. The van der Waals surface area contributed by atoms with Gasteiger partial charge in [0, 0.05) is 17.6 Å². The third-order valence-corrected chi connectivity index (χ3v) is 4.89. The van der Waals surface area contributed by atoms with Gasteiger partial charge in [-0.05, 0) is 24.5 Å². The number of hydrogen-bond donors (Lipinski definition) is 1. The number of hydrogen-bond acceptors (Lipinski definition) is 5. The topological polar surface area (TPSA) is 68.2 Å². The van der Waals surface area contributed by atoms with Crippen LogP contribution in [0, 0.1) is 0 Å². The van der Waals surface area contributed by atoms with Crippen molar-refractivity contribution in [1.29, 1.82) is 0 Å². The molecule has 2 aliphatic rings. The highest BCUT2D eigenvalue weighted by atomic mass is 16.5. The molecule has 21 heavy (non-hydrogen) atoms. The summed E-state index contributed by atoms with van der Waals surface area (Å²) >= 11 is 0. The molecule has 2 aromatic rings. The molecule has 110 valence electrons. The van der Waals surface area contributed by atoms with Gasteiger partial charge in [0.2, 0.25) is 5.89 Å². The van der Waals surface area contributed by atoms with E-state index in [0.29, 0.717) is 24.4 Å². The second kappa shape index (κ2) is 4.84. The second-order valence-corrected chi connectivity index (χ2v) is 6.17. The summed E-state index contributed by atoms with van der Waals surface area (Å²) in [4.78, 5) is 6.73. The minimum Gasteiger partial charge on any atom is -0.363 e. The van der Waals surface area contributed by atoms with Gasteiger partial charge in [-0.15, -0.1) is 0 Å². The van der Waals surface area contributed by atoms with E-state index < -0.39 is 0 Å². The van der Waals surface area contributed by atoms with Crippen LogP contribution in [0.5, 0.6) is 0 Å². The highest BCUT2D eigenvalue weighted by molar-refractivity contribution is 5.62. The average molecular weight is 284 g/mol. The average Bonchev–Trinajstić information content (AvgIpc) is 3.22. The maximum absolute atomic E-state index is 5.53. The summed E-state index contributed by atoms with van der Waals surface area (Å²) in [5.74, 6) is 1.23. The minimum absolute atomic E-state index is 0.299. The molecule has 5 nitrogen and oxygen atoms in total. The first kappa shape index (κ1) is 12.8. The molecule has 1 aliphatic carbocycles. The standard InChI is InChI=1S/C16H20N4O/c17-9-15-18-14(19-21-15)10-20-11-16(7-3-4-8-16)12-5-1-2-6-13(12)20/h1-2,5-6H,3-4,7-11,17H2. The molecule has 1 aromatic heterocycles. The molecular weight excluding hydrogens is 264 g/mol. The van der Waals surface area contributed by atoms with E-state index in [9.17, 15) is 0 Å². The third kappa shape index (κ3) is 2.03. The van der Waals surface area contributed by atoms with Gasteiger partial charge in [0.05, 0.1) is 13.1 Å². The molecule has 0 bridgehead atoms. The molecule has 5 heteroatoms. The molecule has 1 aliphatic heterocycles. The lowest BCUT2D eigenvalue weighted by atomic mass is 9.81. The number of nitrogens with two attached hydrogens (primary N) is 1. The lowest BCUT2D eigenvalue weighted by Crippen LogP contribution is -2.31. The van der Waals surface area contributed by atoms with Crippen molar-refractivity contribution in [1.82, 2.24) is 10.1 Å². The summed E-state index contributed by atoms with van der Waals surface area (Å²) in [6.07, 6.45) is 5.25. The van der Waals surface area contributed by atoms with E-state index in [4.69, 9.17) is 10.3 Å². The van der Waals surface area contributed by atoms with Crippen molar-refractivity contribution in [2.24, 2.45) is 5.73 Å². The fourth-order valence-corrected chi connectivity index (χ4v) is 3.96. The van der Waals surface area contributed by atoms with Crippen molar-refractivity contribution >= 4 is 5.69 Å². The van der Waals surface area contributed by atoms with Crippen LogP contribution in [0.2, 0.25) is 0 Å². The van der Waals surface area contributed by atoms with E-state index in [1.54, 1.807) is 0 Å². The maximum atomic E-state index is 5.53. The molecular formula is C16H20N4O. The predicted molar refractivity (Wildman–Crippen MR) is 79.8 cm³/mol. The van der Waals surface area contributed by atoms with E-state index in [0.717, 1.165) is 12.4 Å². The van der Waals surface area contributed by atoms with Crippen LogP contribution in [-0.4, -0.2) is 16.7 Å². The molecule has 0 unspecified atom stereocenters. The van der Waals surface area contributed by atoms with E-state index in [-0.39, 0.29) is 0 Å². The number of nitrogens with zero attached hydrogens (tertiary/aromatic N) is 3. The van der Waals surface area contributed by atoms with Crippen LogP contribution in [-0.2, 0) is 18.5 Å². The van der Waals surface area contributed by atoms with Crippen LogP contribution in [0.25, 0.3) is 0 Å². The first-order valence-corrected chi connectivity index (χ1v) is 7.67. The minimum atomic E-state index is 0.299. The molecule has 1 spiro atoms. The highest BCUT2D eigenvalue weighted by Crippen LogP contribution is 2.50. The van der Waals surface area contributed by atoms with E-state index in [1.165, 1.54) is 36.9 Å². The summed E-state index contributed by atoms with van der Waals surface area (Å²) in [6.45, 7) is 2.06. The lowest BCUT2D eigenvalue weighted by Gasteiger charge is -2.25. The number of para-hydroxylation sites is 1. The summed E-state index contributed by atoms with van der Waals surface area (Å²) in [6, 6.07) is 8.78. The predicted octanol–water partition coefficient (Wildman–Crippen LogP) is 2.36. The van der Waals surface area contributed by atoms with E-state index in [2.05, 4.69) is 39.3 Å². The van der Waals surface area contributed by atoms with Crippen LogP contribution in [0.1, 0.15) is 43.0 Å². The van der Waals surface area contributed by atoms with Crippen LogP contribution in [0.4, 0.5) is 5.69 Å². The molecule has 4 rings (SSSR count). The van der Waals surface area contributed by atoms with Gasteiger partial charge in [0.15, 0.2) is 5.82 Å². The van der Waals surface area contributed by atoms with Crippen molar-refractivity contribution in [3.8, 4) is 0 Å². The number of rotatable bonds is 3. The van der Waals surface area contributed by atoms with Gasteiger partial charge >= 0.3 is 0 Å². The molecule has 0 atom stereocenters. The summed E-state index contributed by atoms with van der Waals surface area (Å²) < 4.78 is 5.12. The van der Waals surface area contributed by atoms with Gasteiger partial charge in [-0.1, -0.05) is 36.2 Å². The van der Waals surface area contributed by atoms with Gasteiger partial charge in [0.1, 0.15) is 0 Å². The van der Waals surface area contributed by atoms with Crippen molar-refractivity contribution in [2.45, 2.75) is 44.2 Å². The first-order chi connectivity index (χ1) is 10.3. The quantitative estimate of drug-likeness (QED) is 0.937. The van der Waals surface area contributed by atoms with Gasteiger partial charge in [-0.2, -0.15) is 4.98 Å². The molecule has 0 amide bonds. The Labute approximate surface area is 124 Å². The summed E-state index contributed by atoms with van der Waals surface area (Å²) in [7, 11) is 0. The Kier molecular flexibility index (Phi) is 2.96. The zero-order chi connectivity index (χ0) is 14.3. The lowest BCUT2D eigenvalue weighted by molar-refractivity contribution is 0.373. The molecule has 2 N–H and O–H groups in total. The Balaban J connectivity index is 1.65.